The van der Waals surface area contributed by atoms with Crippen molar-refractivity contribution in [2.24, 2.45) is 5.92 Å². The third kappa shape index (κ3) is 3.47. The van der Waals surface area contributed by atoms with Crippen molar-refractivity contribution in [3.05, 3.63) is 47.8 Å². The lowest BCUT2D eigenvalue weighted by molar-refractivity contribution is -0.126. The average Bonchev–Trinajstić information content (AvgIpc) is 2.96. The maximum absolute atomic E-state index is 12.2. The summed E-state index contributed by atoms with van der Waals surface area (Å²) in [5, 5.41) is 7.23. The molecule has 0 unspecified atom stereocenters. The minimum atomic E-state index is -0.0955. The molecule has 1 N–H and O–H groups in total. The Kier molecular flexibility index (Phi) is 4.42. The third-order valence-corrected chi connectivity index (χ3v) is 3.88. The lowest BCUT2D eigenvalue weighted by atomic mass is 9.96. The highest BCUT2D eigenvalue weighted by Crippen LogP contribution is 2.26. The fourth-order valence-corrected chi connectivity index (χ4v) is 2.68. The van der Waals surface area contributed by atoms with Crippen molar-refractivity contribution in [3.63, 3.8) is 0 Å². The lowest BCUT2D eigenvalue weighted by Gasteiger charge is -2.24. The van der Waals surface area contributed by atoms with E-state index in [-0.39, 0.29) is 11.8 Å². The fourth-order valence-electron chi connectivity index (χ4n) is 2.68. The van der Waals surface area contributed by atoms with E-state index in [1.54, 1.807) is 0 Å². The van der Waals surface area contributed by atoms with E-state index in [0.29, 0.717) is 13.2 Å². The van der Waals surface area contributed by atoms with Crippen LogP contribution in [0.4, 0.5) is 0 Å². The van der Waals surface area contributed by atoms with Crippen LogP contribution in [0.2, 0.25) is 0 Å². The Labute approximate surface area is 130 Å². The molecule has 5 heteroatoms. The van der Waals surface area contributed by atoms with Gasteiger partial charge in [0.05, 0.1) is 12.1 Å². The van der Waals surface area contributed by atoms with E-state index in [2.05, 4.69) is 10.4 Å². The number of carbonyl (C=O) groups is 1. The second-order valence-corrected chi connectivity index (χ2v) is 5.75. The molecule has 1 amide bonds. The van der Waals surface area contributed by atoms with Crippen LogP contribution < -0.4 is 10.1 Å². The van der Waals surface area contributed by atoms with E-state index < -0.39 is 0 Å². The molecule has 2 heterocycles. The van der Waals surface area contributed by atoms with Crippen LogP contribution in [0.5, 0.6) is 5.75 Å². The number of hydrogen-bond acceptors (Lipinski definition) is 3. The van der Waals surface area contributed by atoms with Gasteiger partial charge in [0.2, 0.25) is 5.91 Å². The summed E-state index contributed by atoms with van der Waals surface area (Å²) >= 11 is 0. The van der Waals surface area contributed by atoms with E-state index in [9.17, 15) is 4.79 Å². The Hall–Kier alpha value is -2.30. The summed E-state index contributed by atoms with van der Waals surface area (Å²) in [6.45, 7) is 3.96. The van der Waals surface area contributed by atoms with Gasteiger partial charge in [-0.05, 0) is 37.0 Å². The van der Waals surface area contributed by atoms with Crippen LogP contribution >= 0.6 is 0 Å². The van der Waals surface area contributed by atoms with Crippen molar-refractivity contribution in [2.45, 2.75) is 26.3 Å². The highest BCUT2D eigenvalue weighted by Gasteiger charge is 2.25. The highest BCUT2D eigenvalue weighted by molar-refractivity contribution is 5.79. The molecule has 0 fully saturated rings. The number of ether oxygens (including phenoxy) is 1. The maximum atomic E-state index is 12.2. The Morgan fingerprint density at radius 3 is 3.14 bits per heavy atom. The van der Waals surface area contributed by atoms with Gasteiger partial charge in [-0.15, -0.1) is 0 Å². The van der Waals surface area contributed by atoms with Gasteiger partial charge in [0.15, 0.2) is 0 Å². The van der Waals surface area contributed by atoms with Gasteiger partial charge in [0.25, 0.3) is 0 Å². The summed E-state index contributed by atoms with van der Waals surface area (Å²) in [7, 11) is 0. The van der Waals surface area contributed by atoms with E-state index in [1.807, 2.05) is 48.3 Å². The zero-order valence-corrected chi connectivity index (χ0v) is 12.8. The molecular weight excluding hydrogens is 278 g/mol. The average molecular weight is 299 g/mol. The Bertz CT molecular complexity index is 651. The second kappa shape index (κ2) is 6.64. The molecule has 0 spiro atoms. The second-order valence-electron chi connectivity index (χ2n) is 5.75. The van der Waals surface area contributed by atoms with Gasteiger partial charge in [-0.3, -0.25) is 9.48 Å². The van der Waals surface area contributed by atoms with Gasteiger partial charge in [0.1, 0.15) is 12.4 Å². The van der Waals surface area contributed by atoms with Crippen LogP contribution in [0, 0.1) is 12.8 Å². The lowest BCUT2D eigenvalue weighted by Crippen LogP contribution is -2.38. The summed E-state index contributed by atoms with van der Waals surface area (Å²) in [5.74, 6) is 0.883. The summed E-state index contributed by atoms with van der Waals surface area (Å²) in [6.07, 6.45) is 5.47. The number of para-hydroxylation sites is 1. The molecule has 3 rings (SSSR count). The van der Waals surface area contributed by atoms with E-state index >= 15 is 0 Å². The zero-order chi connectivity index (χ0) is 15.4. The molecule has 1 aliphatic heterocycles. The van der Waals surface area contributed by atoms with Crippen molar-refractivity contribution in [2.75, 3.05) is 13.2 Å². The molecule has 2 aromatic rings. The summed E-state index contributed by atoms with van der Waals surface area (Å²) in [4.78, 5) is 12.2. The van der Waals surface area contributed by atoms with Crippen molar-refractivity contribution >= 4 is 5.91 Å². The molecule has 0 saturated heterocycles. The number of fused-ring (bicyclic) bond motifs is 1. The summed E-state index contributed by atoms with van der Waals surface area (Å²) < 4.78 is 7.56. The molecule has 22 heavy (non-hydrogen) atoms. The Morgan fingerprint density at radius 2 is 2.32 bits per heavy atom. The predicted molar refractivity (Wildman–Crippen MR) is 83.7 cm³/mol. The minimum Gasteiger partial charge on any atom is -0.492 e. The quantitative estimate of drug-likeness (QED) is 0.859. The number of aryl methyl sites for hydroxylation is 2. The van der Waals surface area contributed by atoms with Crippen LogP contribution in [0.25, 0.3) is 0 Å². The van der Waals surface area contributed by atoms with Gasteiger partial charge in [-0.25, -0.2) is 0 Å². The normalized spacial score (nSPS) is 16.7. The smallest absolute Gasteiger partial charge is 0.226 e. The van der Waals surface area contributed by atoms with Crippen LogP contribution in [0.15, 0.2) is 36.7 Å². The van der Waals surface area contributed by atoms with Crippen LogP contribution in [0.1, 0.15) is 17.5 Å². The highest BCUT2D eigenvalue weighted by atomic mass is 16.5. The molecule has 116 valence electrons. The van der Waals surface area contributed by atoms with Crippen LogP contribution in [-0.4, -0.2) is 28.8 Å². The molecular formula is C17H21N3O2. The first kappa shape index (κ1) is 14.6. The molecule has 1 atom stereocenters. The molecule has 0 bridgehead atoms. The number of benzene rings is 1. The molecule has 5 nitrogen and oxygen atoms in total. The summed E-state index contributed by atoms with van der Waals surface area (Å²) in [5.41, 5.74) is 2.27. The number of amides is 1. The minimum absolute atomic E-state index is 0.0751. The summed E-state index contributed by atoms with van der Waals surface area (Å²) in [6, 6.07) is 7.91. The van der Waals surface area contributed by atoms with E-state index in [0.717, 1.165) is 36.3 Å². The third-order valence-electron chi connectivity index (χ3n) is 3.88. The Morgan fingerprint density at radius 1 is 1.45 bits per heavy atom. The number of hydrogen-bond donors (Lipinski definition) is 1. The monoisotopic (exact) mass is 299 g/mol. The van der Waals surface area contributed by atoms with Crippen molar-refractivity contribution in [3.8, 4) is 5.75 Å². The topological polar surface area (TPSA) is 56.2 Å². The van der Waals surface area contributed by atoms with Crippen molar-refractivity contribution < 1.29 is 9.53 Å². The van der Waals surface area contributed by atoms with Crippen LogP contribution in [-0.2, 0) is 17.8 Å². The maximum Gasteiger partial charge on any atom is 0.226 e. The molecule has 0 aliphatic carbocycles. The van der Waals surface area contributed by atoms with E-state index in [4.69, 9.17) is 4.74 Å². The van der Waals surface area contributed by atoms with Gasteiger partial charge in [0, 0.05) is 19.3 Å². The van der Waals surface area contributed by atoms with Gasteiger partial charge < -0.3 is 10.1 Å². The number of nitrogens with zero attached hydrogens (tertiary/aromatic N) is 2. The first-order valence-corrected chi connectivity index (χ1v) is 7.70. The molecule has 1 aromatic carbocycles. The number of aromatic nitrogens is 2. The van der Waals surface area contributed by atoms with E-state index in [1.165, 1.54) is 0 Å². The van der Waals surface area contributed by atoms with Crippen molar-refractivity contribution in [1.82, 2.24) is 15.1 Å². The zero-order valence-electron chi connectivity index (χ0n) is 12.8. The predicted octanol–water partition coefficient (Wildman–Crippen LogP) is 1.95. The molecule has 1 aliphatic rings. The van der Waals surface area contributed by atoms with Gasteiger partial charge in [-0.1, -0.05) is 18.2 Å². The molecule has 1 aromatic heterocycles. The molecule has 0 radical (unpaired) electrons. The number of rotatable bonds is 5. The Balaban J connectivity index is 1.43. The largest absolute Gasteiger partial charge is 0.492 e. The number of carbonyl (C=O) groups excluding carboxylic acids is 1. The number of nitrogens with one attached hydrogen (secondary N) is 1. The van der Waals surface area contributed by atoms with Crippen molar-refractivity contribution in [1.29, 1.82) is 0 Å². The SMILES string of the molecule is Cc1cnn(CCCNC(=O)[C@H]2COc3ccccc3C2)c1. The first-order chi connectivity index (χ1) is 10.7. The first-order valence-electron chi connectivity index (χ1n) is 7.70. The molecule has 0 saturated carbocycles. The fraction of sp³-hybridized carbons (Fsp3) is 0.412. The van der Waals surface area contributed by atoms with Gasteiger partial charge >= 0.3 is 0 Å². The van der Waals surface area contributed by atoms with Crippen LogP contribution in [0.3, 0.4) is 0 Å². The van der Waals surface area contributed by atoms with Gasteiger partial charge in [-0.2, -0.15) is 5.10 Å². The standard InChI is InChI=1S/C17H21N3O2/c1-13-10-19-20(11-13)8-4-7-18-17(21)15-9-14-5-2-3-6-16(14)22-12-15/h2-3,5-6,10-11,15H,4,7-9,12H2,1H3,(H,18,21)/t15-/m1/s1.